The zero-order valence-corrected chi connectivity index (χ0v) is 17.8. The van der Waals surface area contributed by atoms with Crippen LogP contribution in [0.2, 0.25) is 26.2 Å². The van der Waals surface area contributed by atoms with E-state index in [4.69, 9.17) is 0 Å². The summed E-state index contributed by atoms with van der Waals surface area (Å²) in [6.07, 6.45) is 9.87. The van der Waals surface area contributed by atoms with Crippen LogP contribution in [0.1, 0.15) is 39.5 Å². The van der Waals surface area contributed by atoms with Crippen LogP contribution in [-0.2, 0) is 14.4 Å². The van der Waals surface area contributed by atoms with Crippen LogP contribution in [0.15, 0.2) is 42.8 Å². The third-order valence-electron chi connectivity index (χ3n) is 4.38. The van der Waals surface area contributed by atoms with E-state index in [2.05, 4.69) is 52.2 Å². The van der Waals surface area contributed by atoms with E-state index < -0.39 is 17.6 Å². The predicted octanol–water partition coefficient (Wildman–Crippen LogP) is 5.11. The Morgan fingerprint density at radius 2 is 1.19 bits per heavy atom. The third kappa shape index (κ3) is 3.63. The van der Waals surface area contributed by atoms with Crippen molar-refractivity contribution in [2.45, 2.75) is 65.7 Å². The van der Waals surface area contributed by atoms with Crippen molar-refractivity contribution in [3.63, 3.8) is 0 Å². The molecule has 0 saturated heterocycles. The summed E-state index contributed by atoms with van der Waals surface area (Å²) in [6, 6.07) is 0. The molecule has 120 valence electrons. The second kappa shape index (κ2) is 7.44. The van der Waals surface area contributed by atoms with E-state index in [9.17, 15) is 0 Å². The van der Waals surface area contributed by atoms with Crippen molar-refractivity contribution < 1.29 is 14.4 Å². The Labute approximate surface area is 140 Å². The summed E-state index contributed by atoms with van der Waals surface area (Å²) in [5.41, 5.74) is 3.32. The number of allylic oxidation sites excluding steroid dienone is 8. The Morgan fingerprint density at radius 1 is 0.810 bits per heavy atom. The summed E-state index contributed by atoms with van der Waals surface area (Å²) >= 11 is 1.93. The number of hydrogen-bond donors (Lipinski definition) is 0. The van der Waals surface area contributed by atoms with Crippen LogP contribution in [0.3, 0.4) is 0 Å². The molecule has 0 aromatic heterocycles. The van der Waals surface area contributed by atoms with Gasteiger partial charge in [-0.25, -0.2) is 0 Å². The van der Waals surface area contributed by atoms with Crippen LogP contribution in [-0.4, -0.2) is 17.6 Å². The normalized spacial score (nSPS) is 19.4. The fourth-order valence-corrected chi connectivity index (χ4v) is 10.4. The molecule has 2 rings (SSSR count). The van der Waals surface area contributed by atoms with E-state index in [0.717, 1.165) is 0 Å². The molecular weight excluding hydrogens is 331 g/mol. The molecule has 0 saturated carbocycles. The Bertz CT molecular complexity index is 485. The van der Waals surface area contributed by atoms with Crippen LogP contribution < -0.4 is 0 Å². The first-order valence-corrected chi connectivity index (χ1v) is 15.2. The summed E-state index contributed by atoms with van der Waals surface area (Å²) in [5.74, 6) is 0. The fraction of sp³-hybridized carbons (Fsp3) is 0.556. The Morgan fingerprint density at radius 3 is 1.48 bits per heavy atom. The van der Waals surface area contributed by atoms with Gasteiger partial charge in [0.05, 0.1) is 0 Å². The van der Waals surface area contributed by atoms with E-state index in [1.807, 2.05) is 14.4 Å². The van der Waals surface area contributed by atoms with Crippen molar-refractivity contribution in [1.29, 1.82) is 0 Å². The average Bonchev–Trinajstić information content (AvgIpc) is 3.02. The van der Waals surface area contributed by atoms with Crippen molar-refractivity contribution in [3.05, 3.63) is 42.8 Å². The molecule has 0 aliphatic heterocycles. The molecule has 0 amide bonds. The first-order valence-electron chi connectivity index (χ1n) is 8.43. The van der Waals surface area contributed by atoms with E-state index >= 15 is 0 Å². The maximum atomic E-state index is 2.51. The van der Waals surface area contributed by atoms with Crippen LogP contribution in [0.5, 0.6) is 0 Å². The molecular formula is C18H30NiSi2. The summed E-state index contributed by atoms with van der Waals surface area (Å²) in [6.45, 7) is 14.6. The van der Waals surface area contributed by atoms with Gasteiger partial charge in [0.25, 0.3) is 0 Å². The molecule has 2 aliphatic rings. The van der Waals surface area contributed by atoms with Crippen molar-refractivity contribution >= 4 is 17.6 Å². The van der Waals surface area contributed by atoms with Crippen LogP contribution in [0.25, 0.3) is 0 Å². The molecule has 0 N–H and O–H groups in total. The molecule has 0 unspecified atom stereocenters. The first kappa shape index (κ1) is 17.2. The van der Waals surface area contributed by atoms with Crippen LogP contribution in [0.4, 0.5) is 0 Å². The van der Waals surface area contributed by atoms with Crippen LogP contribution in [0, 0.1) is 0 Å². The molecule has 2 aliphatic carbocycles. The zero-order chi connectivity index (χ0) is 15.6. The average molecular weight is 361 g/mol. The van der Waals surface area contributed by atoms with Crippen molar-refractivity contribution in [2.24, 2.45) is 0 Å². The molecule has 3 heteroatoms. The van der Waals surface area contributed by atoms with Gasteiger partial charge in [-0.15, -0.1) is 0 Å². The molecule has 0 radical (unpaired) electrons. The monoisotopic (exact) mass is 360 g/mol. The van der Waals surface area contributed by atoms with Crippen LogP contribution >= 0.6 is 0 Å². The van der Waals surface area contributed by atoms with Gasteiger partial charge in [0.1, 0.15) is 0 Å². The van der Waals surface area contributed by atoms with Gasteiger partial charge in [-0.1, -0.05) is 0 Å². The predicted molar refractivity (Wildman–Crippen MR) is 97.8 cm³/mol. The van der Waals surface area contributed by atoms with E-state index in [-0.39, 0.29) is 0 Å². The quantitative estimate of drug-likeness (QED) is 0.577. The van der Waals surface area contributed by atoms with E-state index in [0.29, 0.717) is 0 Å². The van der Waals surface area contributed by atoms with Gasteiger partial charge >= 0.3 is 141 Å². The molecule has 0 nitrogen and oxygen atoms in total. The molecule has 0 aromatic carbocycles. The van der Waals surface area contributed by atoms with Crippen molar-refractivity contribution in [2.75, 3.05) is 0 Å². The summed E-state index contributed by atoms with van der Waals surface area (Å²) in [4.78, 5) is 0. The summed E-state index contributed by atoms with van der Waals surface area (Å²) < 4.78 is 3.43. The van der Waals surface area contributed by atoms with Gasteiger partial charge < -0.3 is 0 Å². The van der Waals surface area contributed by atoms with Gasteiger partial charge in [-0.2, -0.15) is 0 Å². The second-order valence-corrected chi connectivity index (χ2v) is 13.7. The van der Waals surface area contributed by atoms with Crippen molar-refractivity contribution in [3.8, 4) is 0 Å². The molecule has 0 bridgehead atoms. The molecule has 21 heavy (non-hydrogen) atoms. The number of rotatable bonds is 6. The fourth-order valence-electron chi connectivity index (χ4n) is 3.45. The van der Waals surface area contributed by atoms with Gasteiger partial charge in [0, 0.05) is 0 Å². The first-order chi connectivity index (χ1) is 9.99. The molecule has 0 spiro atoms. The molecule has 0 aromatic rings. The molecule has 0 fully saturated rings. The minimum atomic E-state index is -0.717. The SMILES string of the molecule is CCC1=CC[C]([Ni][C]2=C([SiH](C)C)C(CC)=CC2)=C1[SiH](C)C. The Kier molecular flexibility index (Phi) is 6.11. The maximum absolute atomic E-state index is 2.51. The second-order valence-electron chi connectivity index (χ2n) is 6.53. The third-order valence-corrected chi connectivity index (χ3v) is 10.1. The van der Waals surface area contributed by atoms with E-state index in [1.165, 1.54) is 25.7 Å². The molecule has 0 atom stereocenters. The minimum absolute atomic E-state index is 0.717. The zero-order valence-electron chi connectivity index (χ0n) is 14.5. The van der Waals surface area contributed by atoms with E-state index in [1.54, 1.807) is 30.6 Å². The standard InChI is InChI=1S/2C9H15Si.Ni/c2*1-4-8-6-5-7-9(8)10(2)3;/h2*6,10H,4-5H2,1-3H3;. The Balaban J connectivity index is 2.30. The van der Waals surface area contributed by atoms with Gasteiger partial charge in [-0.05, 0) is 0 Å². The number of hydrogen-bond acceptors (Lipinski definition) is 0. The molecule has 0 heterocycles. The summed E-state index contributed by atoms with van der Waals surface area (Å²) in [5, 5.41) is 3.58. The van der Waals surface area contributed by atoms with Gasteiger partial charge in [0.15, 0.2) is 0 Å². The topological polar surface area (TPSA) is 0 Å². The van der Waals surface area contributed by atoms with Gasteiger partial charge in [-0.3, -0.25) is 0 Å². The summed E-state index contributed by atoms with van der Waals surface area (Å²) in [7, 11) is -1.43. The van der Waals surface area contributed by atoms with Crippen molar-refractivity contribution in [1.82, 2.24) is 0 Å². The Hall–Kier alpha value is -0.113. The van der Waals surface area contributed by atoms with Gasteiger partial charge in [0.2, 0.25) is 0 Å².